The van der Waals surface area contributed by atoms with Crippen LogP contribution >= 0.6 is 0 Å². The van der Waals surface area contributed by atoms with Crippen LogP contribution in [0.1, 0.15) is 28.7 Å². The Morgan fingerprint density at radius 2 is 2.15 bits per heavy atom. The second-order valence-electron chi connectivity index (χ2n) is 4.88. The number of carbonyl (C=O) groups excluding carboxylic acids is 1. The van der Waals surface area contributed by atoms with E-state index in [-0.39, 0.29) is 23.2 Å². The van der Waals surface area contributed by atoms with Crippen molar-refractivity contribution in [1.82, 2.24) is 15.2 Å². The number of rotatable bonds is 1. The van der Waals surface area contributed by atoms with Crippen LogP contribution in [-0.4, -0.2) is 41.5 Å². The van der Waals surface area contributed by atoms with Crippen LogP contribution in [0.5, 0.6) is 0 Å². The number of nitrogens with one attached hydrogen (secondary N) is 1. The third-order valence-electron chi connectivity index (χ3n) is 3.37. The first-order valence-electron chi connectivity index (χ1n) is 6.37. The van der Waals surface area contributed by atoms with Crippen molar-refractivity contribution in [1.29, 1.82) is 0 Å². The van der Waals surface area contributed by atoms with Crippen LogP contribution in [0.4, 0.5) is 13.2 Å². The summed E-state index contributed by atoms with van der Waals surface area (Å²) in [7, 11) is 0. The van der Waals surface area contributed by atoms with E-state index in [1.807, 2.05) is 6.92 Å². The fourth-order valence-electron chi connectivity index (χ4n) is 2.24. The molecule has 0 spiro atoms. The minimum atomic E-state index is -4.49. The summed E-state index contributed by atoms with van der Waals surface area (Å²) < 4.78 is 37.7. The van der Waals surface area contributed by atoms with Gasteiger partial charge in [0.2, 0.25) is 0 Å². The zero-order chi connectivity index (χ0) is 14.9. The van der Waals surface area contributed by atoms with Gasteiger partial charge in [0.15, 0.2) is 0 Å². The minimum Gasteiger partial charge on any atom is -0.333 e. The lowest BCUT2D eigenvalue weighted by atomic mass is 10.1. The average Bonchev–Trinajstić information content (AvgIpc) is 2.37. The van der Waals surface area contributed by atoms with Crippen molar-refractivity contribution in [2.45, 2.75) is 26.1 Å². The van der Waals surface area contributed by atoms with Gasteiger partial charge in [0.1, 0.15) is 5.69 Å². The van der Waals surface area contributed by atoms with Crippen LogP contribution in [0, 0.1) is 6.92 Å². The Labute approximate surface area is 115 Å². The molecule has 1 aliphatic heterocycles. The van der Waals surface area contributed by atoms with Gasteiger partial charge in [-0.1, -0.05) is 0 Å². The van der Waals surface area contributed by atoms with Crippen LogP contribution in [0.2, 0.25) is 0 Å². The van der Waals surface area contributed by atoms with Gasteiger partial charge in [0.05, 0.1) is 11.3 Å². The van der Waals surface area contributed by atoms with Crippen molar-refractivity contribution in [2.24, 2.45) is 0 Å². The monoisotopic (exact) mass is 287 g/mol. The highest BCUT2D eigenvalue weighted by atomic mass is 19.4. The summed E-state index contributed by atoms with van der Waals surface area (Å²) in [6.45, 7) is 5.23. The predicted octanol–water partition coefficient (Wildman–Crippen LogP) is 1.84. The van der Waals surface area contributed by atoms with Crippen LogP contribution in [0.25, 0.3) is 0 Å². The smallest absolute Gasteiger partial charge is 0.333 e. The molecule has 1 saturated heterocycles. The van der Waals surface area contributed by atoms with Crippen molar-refractivity contribution in [3.8, 4) is 0 Å². The molecule has 0 aromatic carbocycles. The van der Waals surface area contributed by atoms with Gasteiger partial charge in [-0.15, -0.1) is 0 Å². The van der Waals surface area contributed by atoms with Gasteiger partial charge in [0.25, 0.3) is 5.91 Å². The Morgan fingerprint density at radius 3 is 2.70 bits per heavy atom. The molecule has 1 atom stereocenters. The summed E-state index contributed by atoms with van der Waals surface area (Å²) in [4.78, 5) is 17.5. The number of nitrogens with zero attached hydrogens (tertiary/aromatic N) is 2. The SMILES string of the molecule is Cc1nc(C(F)(F)F)ccc1C(=O)N1CCNC[C@@H]1C. The molecule has 0 radical (unpaired) electrons. The van der Waals surface area contributed by atoms with Crippen LogP contribution in [-0.2, 0) is 6.18 Å². The number of alkyl halides is 3. The maximum absolute atomic E-state index is 12.6. The quantitative estimate of drug-likeness (QED) is 0.857. The molecular formula is C13H16F3N3O. The van der Waals surface area contributed by atoms with E-state index in [1.165, 1.54) is 13.0 Å². The molecule has 0 bridgehead atoms. The summed E-state index contributed by atoms with van der Waals surface area (Å²) in [5.74, 6) is -0.266. The number of carbonyl (C=O) groups is 1. The number of aryl methyl sites for hydroxylation is 1. The lowest BCUT2D eigenvalue weighted by Crippen LogP contribution is -2.52. The molecule has 7 heteroatoms. The summed E-state index contributed by atoms with van der Waals surface area (Å²) in [6.07, 6.45) is -4.49. The molecule has 0 aliphatic carbocycles. The first kappa shape index (κ1) is 14.8. The van der Waals surface area contributed by atoms with Gasteiger partial charge in [-0.2, -0.15) is 13.2 Å². The summed E-state index contributed by atoms with van der Waals surface area (Å²) in [5.41, 5.74) is -0.637. The number of hydrogen-bond acceptors (Lipinski definition) is 3. The van der Waals surface area contributed by atoms with Crippen molar-refractivity contribution in [2.75, 3.05) is 19.6 Å². The molecule has 1 aromatic heterocycles. The molecule has 1 aromatic rings. The molecule has 2 rings (SSSR count). The highest BCUT2D eigenvalue weighted by Crippen LogP contribution is 2.28. The second kappa shape index (κ2) is 5.40. The molecule has 1 fully saturated rings. The summed E-state index contributed by atoms with van der Waals surface area (Å²) in [6, 6.07) is 2.08. The molecule has 1 aliphatic rings. The number of hydrogen-bond donors (Lipinski definition) is 1. The zero-order valence-electron chi connectivity index (χ0n) is 11.3. The van der Waals surface area contributed by atoms with Crippen LogP contribution < -0.4 is 5.32 Å². The van der Waals surface area contributed by atoms with Crippen LogP contribution in [0.3, 0.4) is 0 Å². The minimum absolute atomic E-state index is 0.0120. The van der Waals surface area contributed by atoms with Gasteiger partial charge in [-0.3, -0.25) is 4.79 Å². The van der Waals surface area contributed by atoms with E-state index < -0.39 is 11.9 Å². The molecule has 0 unspecified atom stereocenters. The van der Waals surface area contributed by atoms with Gasteiger partial charge in [-0.05, 0) is 26.0 Å². The highest BCUT2D eigenvalue weighted by Gasteiger charge is 2.33. The van der Waals surface area contributed by atoms with Gasteiger partial charge < -0.3 is 10.2 Å². The van der Waals surface area contributed by atoms with E-state index in [0.717, 1.165) is 6.07 Å². The lowest BCUT2D eigenvalue weighted by Gasteiger charge is -2.34. The molecule has 4 nitrogen and oxygen atoms in total. The zero-order valence-corrected chi connectivity index (χ0v) is 11.3. The van der Waals surface area contributed by atoms with Gasteiger partial charge in [0, 0.05) is 25.7 Å². The van der Waals surface area contributed by atoms with E-state index in [9.17, 15) is 18.0 Å². The fourth-order valence-corrected chi connectivity index (χ4v) is 2.24. The standard InChI is InChI=1S/C13H16F3N3O/c1-8-7-17-5-6-19(8)12(20)10-3-4-11(13(14,15)16)18-9(10)2/h3-4,8,17H,5-7H2,1-2H3/t8-/m0/s1. The first-order valence-corrected chi connectivity index (χ1v) is 6.37. The number of halogens is 3. The Balaban J connectivity index is 2.26. The van der Waals surface area contributed by atoms with E-state index >= 15 is 0 Å². The highest BCUT2D eigenvalue weighted by molar-refractivity contribution is 5.95. The fraction of sp³-hybridized carbons (Fsp3) is 0.538. The third kappa shape index (κ3) is 2.92. The topological polar surface area (TPSA) is 45.2 Å². The molecule has 1 N–H and O–H groups in total. The maximum Gasteiger partial charge on any atom is 0.433 e. The Morgan fingerprint density at radius 1 is 1.45 bits per heavy atom. The molecule has 20 heavy (non-hydrogen) atoms. The number of amides is 1. The molecule has 110 valence electrons. The Hall–Kier alpha value is -1.63. The molecule has 1 amide bonds. The van der Waals surface area contributed by atoms with E-state index in [1.54, 1.807) is 4.90 Å². The molecular weight excluding hydrogens is 271 g/mol. The molecule has 0 saturated carbocycles. The van der Waals surface area contributed by atoms with E-state index in [0.29, 0.717) is 19.6 Å². The predicted molar refractivity (Wildman–Crippen MR) is 67.3 cm³/mol. The normalized spacial score (nSPS) is 20.1. The van der Waals surface area contributed by atoms with Crippen LogP contribution in [0.15, 0.2) is 12.1 Å². The van der Waals surface area contributed by atoms with Gasteiger partial charge in [-0.25, -0.2) is 4.98 Å². The maximum atomic E-state index is 12.6. The second-order valence-corrected chi connectivity index (χ2v) is 4.88. The van der Waals surface area contributed by atoms with E-state index in [2.05, 4.69) is 10.3 Å². The third-order valence-corrected chi connectivity index (χ3v) is 3.37. The lowest BCUT2D eigenvalue weighted by molar-refractivity contribution is -0.141. The number of pyridine rings is 1. The average molecular weight is 287 g/mol. The Kier molecular flexibility index (Phi) is 3.99. The van der Waals surface area contributed by atoms with Gasteiger partial charge >= 0.3 is 6.18 Å². The van der Waals surface area contributed by atoms with Crippen molar-refractivity contribution < 1.29 is 18.0 Å². The molecule has 2 heterocycles. The number of piperazine rings is 1. The summed E-state index contributed by atoms with van der Waals surface area (Å²) in [5, 5.41) is 3.16. The summed E-state index contributed by atoms with van der Waals surface area (Å²) >= 11 is 0. The largest absolute Gasteiger partial charge is 0.433 e. The first-order chi connectivity index (χ1) is 9.30. The van der Waals surface area contributed by atoms with Crippen molar-refractivity contribution in [3.63, 3.8) is 0 Å². The van der Waals surface area contributed by atoms with E-state index in [4.69, 9.17) is 0 Å². The van der Waals surface area contributed by atoms with Crippen molar-refractivity contribution in [3.05, 3.63) is 29.1 Å². The van der Waals surface area contributed by atoms with Crippen molar-refractivity contribution >= 4 is 5.91 Å². The Bertz CT molecular complexity index is 516. The number of aromatic nitrogens is 1.